The number of hydrogen-bond acceptors (Lipinski definition) is 7. The first-order valence-corrected chi connectivity index (χ1v) is 7.70. The molecule has 0 radical (unpaired) electrons. The van der Waals surface area contributed by atoms with Gasteiger partial charge in [0.15, 0.2) is 0 Å². The van der Waals surface area contributed by atoms with E-state index in [0.29, 0.717) is 14.5 Å². The summed E-state index contributed by atoms with van der Waals surface area (Å²) in [5, 5.41) is 34.8. The molecule has 1 N–H and O–H groups in total. The fourth-order valence-electron chi connectivity index (χ4n) is 1.63. The van der Waals surface area contributed by atoms with Crippen LogP contribution in [0.15, 0.2) is 44.4 Å². The van der Waals surface area contributed by atoms with Crippen molar-refractivity contribution >= 4 is 49.4 Å². The Morgan fingerprint density at radius 1 is 1.08 bits per heavy atom. The van der Waals surface area contributed by atoms with Crippen molar-refractivity contribution < 1.29 is 19.8 Å². The summed E-state index contributed by atoms with van der Waals surface area (Å²) in [4.78, 5) is 25.1. The molecule has 2 aromatic carbocycles. The molecule has 2 aromatic rings. The third-order valence-electron chi connectivity index (χ3n) is 2.78. The number of phenolic OH excluding ortho intramolecular Hbond substituents is 1. The molecule has 124 valence electrons. The Balaban J connectivity index is 2.27. The molecule has 0 fully saturated rings. The first kappa shape index (κ1) is 17.8. The Morgan fingerprint density at radius 2 is 1.79 bits per heavy atom. The Kier molecular flexibility index (Phi) is 5.46. The van der Waals surface area contributed by atoms with E-state index in [-0.39, 0.29) is 11.5 Å². The molecule has 9 nitrogen and oxygen atoms in total. The van der Waals surface area contributed by atoms with Crippen LogP contribution in [0.1, 0.15) is 5.56 Å². The van der Waals surface area contributed by atoms with E-state index in [1.807, 2.05) is 0 Å². The van der Waals surface area contributed by atoms with Gasteiger partial charge in [0.2, 0.25) is 5.75 Å². The molecule has 0 aromatic heterocycles. The zero-order valence-electron chi connectivity index (χ0n) is 11.6. The highest BCUT2D eigenvalue weighted by molar-refractivity contribution is 9.13. The number of nitro groups is 2. The number of benzene rings is 2. The Morgan fingerprint density at radius 3 is 2.42 bits per heavy atom. The maximum Gasteiger partial charge on any atom is 0.321 e. The average molecular weight is 461 g/mol. The number of halogens is 2. The molecule has 11 heteroatoms. The highest BCUT2D eigenvalue weighted by Gasteiger charge is 2.21. The van der Waals surface area contributed by atoms with Crippen LogP contribution in [0.25, 0.3) is 0 Å². The Bertz CT molecular complexity index is 856. The number of rotatable bonds is 5. The monoisotopic (exact) mass is 459 g/mol. The fourth-order valence-corrected chi connectivity index (χ4v) is 2.43. The summed E-state index contributed by atoms with van der Waals surface area (Å²) in [5.41, 5.74) is -0.472. The molecule has 24 heavy (non-hydrogen) atoms. The average Bonchev–Trinajstić information content (AvgIpc) is 2.54. The Labute approximate surface area is 151 Å². The van der Waals surface area contributed by atoms with Gasteiger partial charge in [-0.2, -0.15) is 0 Å². The van der Waals surface area contributed by atoms with E-state index in [9.17, 15) is 25.3 Å². The van der Waals surface area contributed by atoms with E-state index < -0.39 is 21.2 Å². The lowest BCUT2D eigenvalue weighted by Gasteiger charge is -2.03. The smallest absolute Gasteiger partial charge is 0.321 e. The fraction of sp³-hybridized carbons (Fsp3) is 0. The minimum Gasteiger partial charge on any atom is -0.507 e. The topological polar surface area (TPSA) is 128 Å². The van der Waals surface area contributed by atoms with Gasteiger partial charge in [-0.05, 0) is 50.1 Å². The number of nitro benzene ring substituents is 2. The van der Waals surface area contributed by atoms with Crippen LogP contribution in [0.2, 0.25) is 0 Å². The van der Waals surface area contributed by atoms with Crippen molar-refractivity contribution in [1.29, 1.82) is 0 Å². The van der Waals surface area contributed by atoms with Gasteiger partial charge < -0.3 is 9.94 Å². The second kappa shape index (κ2) is 7.36. The highest BCUT2D eigenvalue weighted by atomic mass is 79.9. The number of phenols is 1. The van der Waals surface area contributed by atoms with Crippen molar-refractivity contribution in [2.24, 2.45) is 5.16 Å². The normalized spacial score (nSPS) is 10.8. The van der Waals surface area contributed by atoms with E-state index >= 15 is 0 Å². The number of nitrogens with zero attached hydrogens (tertiary/aromatic N) is 3. The van der Waals surface area contributed by atoms with Gasteiger partial charge in [-0.3, -0.25) is 20.2 Å². The van der Waals surface area contributed by atoms with E-state index in [4.69, 9.17) is 4.84 Å². The van der Waals surface area contributed by atoms with Crippen molar-refractivity contribution in [1.82, 2.24) is 0 Å². The molecule has 0 heterocycles. The molecule has 0 bridgehead atoms. The van der Waals surface area contributed by atoms with Crippen LogP contribution in [-0.2, 0) is 0 Å². The molecule has 0 spiro atoms. The van der Waals surface area contributed by atoms with Crippen LogP contribution >= 0.6 is 31.9 Å². The van der Waals surface area contributed by atoms with Gasteiger partial charge >= 0.3 is 5.69 Å². The Hall–Kier alpha value is -2.53. The molecule has 0 unspecified atom stereocenters. The van der Waals surface area contributed by atoms with Crippen LogP contribution < -0.4 is 4.84 Å². The van der Waals surface area contributed by atoms with Crippen LogP contribution in [0, 0.1) is 20.2 Å². The standard InChI is InChI=1S/C13H7Br2N3O6/c14-12-7(1-3-10(19)13(12)15)6-16-24-11-4-2-8(17(20)21)5-9(11)18(22)23/h1-6,19H/b16-6+. The molecular formula is C13H7Br2N3O6. The largest absolute Gasteiger partial charge is 0.507 e. The van der Waals surface area contributed by atoms with E-state index in [1.54, 1.807) is 6.07 Å². The molecule has 0 saturated carbocycles. The number of oxime groups is 1. The quantitative estimate of drug-likeness (QED) is 0.405. The van der Waals surface area contributed by atoms with Crippen LogP contribution in [0.4, 0.5) is 11.4 Å². The highest BCUT2D eigenvalue weighted by Crippen LogP contribution is 2.34. The minimum atomic E-state index is -0.801. The second-order valence-corrected chi connectivity index (χ2v) is 5.88. The summed E-state index contributed by atoms with van der Waals surface area (Å²) in [6.07, 6.45) is 1.26. The number of hydrogen-bond donors (Lipinski definition) is 1. The second-order valence-electron chi connectivity index (χ2n) is 4.29. The first-order valence-electron chi connectivity index (χ1n) is 6.11. The first-order chi connectivity index (χ1) is 11.3. The summed E-state index contributed by atoms with van der Waals surface area (Å²) in [6, 6.07) is 5.92. The number of aromatic hydroxyl groups is 1. The van der Waals surface area contributed by atoms with Gasteiger partial charge in [0.25, 0.3) is 5.69 Å². The molecule has 2 rings (SSSR count). The molecule has 0 atom stereocenters. The van der Waals surface area contributed by atoms with E-state index in [1.165, 1.54) is 12.3 Å². The van der Waals surface area contributed by atoms with Crippen molar-refractivity contribution in [3.8, 4) is 11.5 Å². The molecule has 0 aliphatic rings. The summed E-state index contributed by atoms with van der Waals surface area (Å²) < 4.78 is 0.917. The lowest BCUT2D eigenvalue weighted by atomic mass is 10.2. The lowest BCUT2D eigenvalue weighted by molar-refractivity contribution is -0.394. The predicted molar refractivity (Wildman–Crippen MR) is 91.5 cm³/mol. The molecule has 0 amide bonds. The molecular weight excluding hydrogens is 454 g/mol. The molecule has 0 aliphatic heterocycles. The van der Waals surface area contributed by atoms with Crippen molar-refractivity contribution in [3.63, 3.8) is 0 Å². The van der Waals surface area contributed by atoms with Crippen molar-refractivity contribution in [2.75, 3.05) is 0 Å². The SMILES string of the molecule is O=[N+]([O-])c1ccc(O/N=C/c2ccc(O)c(Br)c2Br)c([N+](=O)[O-])c1. The van der Waals surface area contributed by atoms with E-state index in [0.717, 1.165) is 18.2 Å². The number of non-ortho nitro benzene ring substituents is 1. The lowest BCUT2D eigenvalue weighted by Crippen LogP contribution is -1.96. The van der Waals surface area contributed by atoms with Gasteiger partial charge in [-0.15, -0.1) is 0 Å². The molecule has 0 aliphatic carbocycles. The van der Waals surface area contributed by atoms with Crippen LogP contribution in [0.3, 0.4) is 0 Å². The maximum atomic E-state index is 11.0. The third kappa shape index (κ3) is 3.86. The van der Waals surface area contributed by atoms with Crippen LogP contribution in [-0.4, -0.2) is 21.2 Å². The third-order valence-corrected chi connectivity index (χ3v) is 4.97. The van der Waals surface area contributed by atoms with Gasteiger partial charge in [-0.1, -0.05) is 5.16 Å². The molecule has 0 saturated heterocycles. The summed E-state index contributed by atoms with van der Waals surface area (Å²) in [6.45, 7) is 0. The van der Waals surface area contributed by atoms with Crippen LogP contribution in [0.5, 0.6) is 11.5 Å². The summed E-state index contributed by atoms with van der Waals surface area (Å²) in [5.74, 6) is -0.221. The summed E-state index contributed by atoms with van der Waals surface area (Å²) >= 11 is 6.41. The van der Waals surface area contributed by atoms with Gasteiger partial charge in [0.1, 0.15) is 5.75 Å². The zero-order chi connectivity index (χ0) is 17.9. The maximum absolute atomic E-state index is 11.0. The van der Waals surface area contributed by atoms with Gasteiger partial charge in [-0.25, -0.2) is 0 Å². The van der Waals surface area contributed by atoms with Crippen molar-refractivity contribution in [2.45, 2.75) is 0 Å². The predicted octanol–water partition coefficient (Wildman–Crippen LogP) is 4.15. The van der Waals surface area contributed by atoms with Gasteiger partial charge in [0, 0.05) is 16.1 Å². The minimum absolute atomic E-state index is 0.0194. The van der Waals surface area contributed by atoms with Gasteiger partial charge in [0.05, 0.1) is 26.6 Å². The summed E-state index contributed by atoms with van der Waals surface area (Å²) in [7, 11) is 0. The van der Waals surface area contributed by atoms with E-state index in [2.05, 4.69) is 37.0 Å². The zero-order valence-corrected chi connectivity index (χ0v) is 14.7. The van der Waals surface area contributed by atoms with Crippen molar-refractivity contribution in [3.05, 3.63) is 65.1 Å².